The topological polar surface area (TPSA) is 93.1 Å². The maximum absolute atomic E-state index is 12.5. The maximum atomic E-state index is 12.5. The van der Waals surface area contributed by atoms with Crippen molar-refractivity contribution in [3.05, 3.63) is 36.0 Å². The summed E-state index contributed by atoms with van der Waals surface area (Å²) in [5.41, 5.74) is -2.15. The fourth-order valence-corrected chi connectivity index (χ4v) is 5.61. The van der Waals surface area contributed by atoms with E-state index in [1.54, 1.807) is 31.2 Å². The molecule has 0 aromatic carbocycles. The summed E-state index contributed by atoms with van der Waals surface area (Å²) < 4.78 is 11.0. The lowest BCUT2D eigenvalue weighted by molar-refractivity contribution is -0.194. The highest BCUT2D eigenvalue weighted by Crippen LogP contribution is 2.63. The van der Waals surface area contributed by atoms with Crippen LogP contribution in [-0.4, -0.2) is 46.6 Å². The summed E-state index contributed by atoms with van der Waals surface area (Å²) in [6.07, 6.45) is 10.1. The molecule has 1 saturated carbocycles. The van der Waals surface area contributed by atoms with Gasteiger partial charge in [0.2, 0.25) is 0 Å². The largest absolute Gasteiger partial charge is 0.459 e. The van der Waals surface area contributed by atoms with Crippen LogP contribution >= 0.6 is 0 Å². The number of allylic oxidation sites excluding steroid dienone is 2. The van der Waals surface area contributed by atoms with Crippen LogP contribution in [0.1, 0.15) is 53.4 Å². The van der Waals surface area contributed by atoms with Crippen molar-refractivity contribution in [2.24, 2.45) is 16.7 Å². The first-order valence-electron chi connectivity index (χ1n) is 10.3. The molecule has 2 aliphatic carbocycles. The zero-order chi connectivity index (χ0) is 21.4. The van der Waals surface area contributed by atoms with Gasteiger partial charge in [0.1, 0.15) is 12.7 Å². The van der Waals surface area contributed by atoms with Gasteiger partial charge in [-0.1, -0.05) is 45.4 Å². The van der Waals surface area contributed by atoms with Crippen LogP contribution in [0.15, 0.2) is 36.0 Å². The summed E-state index contributed by atoms with van der Waals surface area (Å²) in [6, 6.07) is 0. The van der Waals surface area contributed by atoms with Gasteiger partial charge in [-0.3, -0.25) is 0 Å². The van der Waals surface area contributed by atoms with E-state index in [0.29, 0.717) is 18.4 Å². The van der Waals surface area contributed by atoms with Gasteiger partial charge in [-0.25, -0.2) is 9.59 Å². The molecule has 0 unspecified atom stereocenters. The van der Waals surface area contributed by atoms with Crippen LogP contribution in [0.4, 0.5) is 0 Å². The Bertz CT molecular complexity index is 761. The summed E-state index contributed by atoms with van der Waals surface area (Å²) in [4.78, 5) is 25.0. The average molecular weight is 405 g/mol. The number of ether oxygens (including phenoxy) is 2. The lowest BCUT2D eigenvalue weighted by Crippen LogP contribution is -2.65. The maximum Gasteiger partial charge on any atom is 0.343 e. The monoisotopic (exact) mass is 404 g/mol. The summed E-state index contributed by atoms with van der Waals surface area (Å²) >= 11 is 0. The van der Waals surface area contributed by atoms with Gasteiger partial charge in [0.25, 0.3) is 0 Å². The summed E-state index contributed by atoms with van der Waals surface area (Å²) in [6.45, 7) is 7.86. The van der Waals surface area contributed by atoms with Gasteiger partial charge in [0, 0.05) is 23.0 Å². The second-order valence-electron chi connectivity index (χ2n) is 9.49. The Labute approximate surface area is 172 Å². The van der Waals surface area contributed by atoms with E-state index in [9.17, 15) is 19.8 Å². The van der Waals surface area contributed by atoms with Crippen LogP contribution in [0.25, 0.3) is 0 Å². The molecular formula is C23H32O6. The predicted molar refractivity (Wildman–Crippen MR) is 108 cm³/mol. The van der Waals surface area contributed by atoms with Crippen LogP contribution in [0.5, 0.6) is 0 Å². The predicted octanol–water partition coefficient (Wildman–Crippen LogP) is 2.84. The van der Waals surface area contributed by atoms with E-state index in [1.165, 1.54) is 6.08 Å². The molecule has 1 saturated heterocycles. The third-order valence-electron chi connectivity index (χ3n) is 6.89. The highest BCUT2D eigenvalue weighted by molar-refractivity contribution is 5.88. The van der Waals surface area contributed by atoms with Gasteiger partial charge >= 0.3 is 11.9 Å². The third-order valence-corrected chi connectivity index (χ3v) is 6.89. The number of cyclic esters (lactones) is 1. The molecule has 3 rings (SSSR count). The number of carbonyl (C=O) groups excluding carboxylic acids is 2. The SMILES string of the molecule is C[C@H](O)C/C=C/C=C/C(=O)O[C@@H]1C=C2COC(=O)[C@]2(O)[C@@]2(C)CCCC(C)(C)[C@H]12. The van der Waals surface area contributed by atoms with Crippen molar-refractivity contribution in [2.45, 2.75) is 71.2 Å². The molecule has 2 fully saturated rings. The zero-order valence-corrected chi connectivity index (χ0v) is 17.7. The Balaban J connectivity index is 1.87. The first-order chi connectivity index (χ1) is 13.5. The van der Waals surface area contributed by atoms with E-state index in [1.807, 2.05) is 6.92 Å². The van der Waals surface area contributed by atoms with Crippen LogP contribution < -0.4 is 0 Å². The minimum Gasteiger partial charge on any atom is -0.459 e. The van der Waals surface area contributed by atoms with Crippen molar-refractivity contribution in [1.29, 1.82) is 0 Å². The van der Waals surface area contributed by atoms with Crippen LogP contribution in [0.2, 0.25) is 0 Å². The molecule has 6 heteroatoms. The number of hydrogen-bond donors (Lipinski definition) is 2. The normalized spacial score (nSPS) is 37.0. The molecule has 0 aromatic heterocycles. The molecule has 0 aromatic rings. The van der Waals surface area contributed by atoms with E-state index < -0.39 is 35.2 Å². The van der Waals surface area contributed by atoms with Gasteiger partial charge in [-0.2, -0.15) is 0 Å². The number of fused-ring (bicyclic) bond motifs is 3. The van der Waals surface area contributed by atoms with Gasteiger partial charge in [-0.15, -0.1) is 0 Å². The molecule has 3 aliphatic rings. The van der Waals surface area contributed by atoms with E-state index in [0.717, 1.165) is 12.8 Å². The van der Waals surface area contributed by atoms with Crippen LogP contribution in [0.3, 0.4) is 0 Å². The Morgan fingerprint density at radius 2 is 2.07 bits per heavy atom. The number of aliphatic hydroxyl groups excluding tert-OH is 1. The van der Waals surface area contributed by atoms with Crippen molar-refractivity contribution in [2.75, 3.05) is 6.61 Å². The highest BCUT2D eigenvalue weighted by Gasteiger charge is 2.69. The second kappa shape index (κ2) is 7.73. The van der Waals surface area contributed by atoms with Crippen molar-refractivity contribution < 1.29 is 29.3 Å². The molecule has 5 atom stereocenters. The van der Waals surface area contributed by atoms with Crippen molar-refractivity contribution >= 4 is 11.9 Å². The summed E-state index contributed by atoms with van der Waals surface area (Å²) in [7, 11) is 0. The van der Waals surface area contributed by atoms with Crippen molar-refractivity contribution in [3.8, 4) is 0 Å². The van der Waals surface area contributed by atoms with Gasteiger partial charge in [0.05, 0.1) is 6.10 Å². The van der Waals surface area contributed by atoms with Crippen LogP contribution in [-0.2, 0) is 19.1 Å². The molecule has 6 nitrogen and oxygen atoms in total. The number of rotatable bonds is 5. The van der Waals surface area contributed by atoms with E-state index >= 15 is 0 Å². The Hall–Kier alpha value is -1.92. The number of esters is 2. The smallest absolute Gasteiger partial charge is 0.343 e. The molecule has 29 heavy (non-hydrogen) atoms. The molecule has 1 aliphatic heterocycles. The Kier molecular flexibility index (Phi) is 5.80. The van der Waals surface area contributed by atoms with E-state index in [4.69, 9.17) is 9.47 Å². The standard InChI is InChI=1S/C23H32O6/c1-15(24)9-6-5-7-10-18(25)29-17-13-16-14-28-20(26)23(16,27)22(4)12-8-11-21(2,3)19(17)22/h5-7,10,13,15,17,19,24,27H,8-9,11-12,14H2,1-4H3/b6-5+,10-7+/t15-,17+,19-,22-,23-/m0/s1. The van der Waals surface area contributed by atoms with Crippen LogP contribution in [0, 0.1) is 16.7 Å². The van der Waals surface area contributed by atoms with Gasteiger partial charge < -0.3 is 19.7 Å². The minimum absolute atomic E-state index is 0.0318. The molecular weight excluding hydrogens is 372 g/mol. The third kappa shape index (κ3) is 3.68. The molecule has 0 radical (unpaired) electrons. The molecule has 0 bridgehead atoms. The second-order valence-corrected chi connectivity index (χ2v) is 9.49. The number of aliphatic hydroxyl groups is 2. The minimum atomic E-state index is -1.65. The van der Waals surface area contributed by atoms with Gasteiger partial charge in [0.15, 0.2) is 5.60 Å². The zero-order valence-electron chi connectivity index (χ0n) is 17.7. The fraction of sp³-hybridized carbons (Fsp3) is 0.652. The van der Waals surface area contributed by atoms with E-state index in [-0.39, 0.29) is 17.9 Å². The first kappa shape index (κ1) is 21.8. The molecule has 2 N–H and O–H groups in total. The molecule has 160 valence electrons. The molecule has 0 spiro atoms. The lowest BCUT2D eigenvalue weighted by Gasteiger charge is -2.59. The first-order valence-corrected chi connectivity index (χ1v) is 10.3. The fourth-order valence-electron chi connectivity index (χ4n) is 5.61. The molecule has 0 amide bonds. The average Bonchev–Trinajstić information content (AvgIpc) is 2.90. The van der Waals surface area contributed by atoms with Crippen molar-refractivity contribution in [3.63, 3.8) is 0 Å². The van der Waals surface area contributed by atoms with Gasteiger partial charge in [-0.05, 0) is 37.7 Å². The lowest BCUT2D eigenvalue weighted by atomic mass is 9.46. The number of carbonyl (C=O) groups is 2. The Morgan fingerprint density at radius 3 is 2.76 bits per heavy atom. The Morgan fingerprint density at radius 1 is 1.34 bits per heavy atom. The summed E-state index contributed by atoms with van der Waals surface area (Å²) in [5, 5.41) is 20.7. The highest BCUT2D eigenvalue weighted by atomic mass is 16.6. The van der Waals surface area contributed by atoms with Crippen molar-refractivity contribution in [1.82, 2.24) is 0 Å². The molecule has 1 heterocycles. The van der Waals surface area contributed by atoms with E-state index in [2.05, 4.69) is 13.8 Å². The summed E-state index contributed by atoms with van der Waals surface area (Å²) in [5.74, 6) is -1.29. The quantitative estimate of drug-likeness (QED) is 0.317. The number of hydrogen-bond acceptors (Lipinski definition) is 6.